The fraction of sp³-hybridized carbons (Fsp3) is 0.923. The van der Waals surface area contributed by atoms with Gasteiger partial charge in [-0.05, 0) is 31.4 Å². The third-order valence-electron chi connectivity index (χ3n) is 4.13. The molecule has 3 aliphatic rings. The molecule has 2 saturated heterocycles. The van der Waals surface area contributed by atoms with Crippen molar-refractivity contribution in [1.82, 2.24) is 5.32 Å². The van der Waals surface area contributed by atoms with Gasteiger partial charge in [-0.25, -0.2) is 0 Å². The van der Waals surface area contributed by atoms with Crippen LogP contribution in [0, 0.1) is 0 Å². The maximum atomic E-state index is 4.81. The van der Waals surface area contributed by atoms with Gasteiger partial charge in [0.25, 0.3) is 0 Å². The molecule has 0 amide bonds. The van der Waals surface area contributed by atoms with Gasteiger partial charge in [0.05, 0.1) is 6.54 Å². The van der Waals surface area contributed by atoms with Crippen LogP contribution in [0.2, 0.25) is 0 Å². The summed E-state index contributed by atoms with van der Waals surface area (Å²) >= 11 is 4.08. The number of hydrogen-bond acceptors (Lipinski definition) is 3. The van der Waals surface area contributed by atoms with Crippen LogP contribution in [0.25, 0.3) is 0 Å². The maximum absolute atomic E-state index is 4.81. The van der Waals surface area contributed by atoms with E-state index in [0.29, 0.717) is 5.54 Å². The number of nitrogens with one attached hydrogen (secondary N) is 1. The number of thioether (sulfide) groups is 2. The van der Waals surface area contributed by atoms with Crippen LogP contribution in [0.15, 0.2) is 4.99 Å². The van der Waals surface area contributed by atoms with Gasteiger partial charge in [-0.3, -0.25) is 4.99 Å². The van der Waals surface area contributed by atoms with Gasteiger partial charge in [0.1, 0.15) is 0 Å². The molecule has 96 valence electrons. The topological polar surface area (TPSA) is 24.4 Å². The summed E-state index contributed by atoms with van der Waals surface area (Å²) in [6.45, 7) is 1.04. The van der Waals surface area contributed by atoms with Crippen LogP contribution in [0.1, 0.15) is 44.9 Å². The van der Waals surface area contributed by atoms with E-state index in [0.717, 1.165) is 11.8 Å². The zero-order valence-electron chi connectivity index (χ0n) is 10.4. The van der Waals surface area contributed by atoms with Crippen molar-refractivity contribution in [1.29, 1.82) is 0 Å². The molecule has 0 aromatic carbocycles. The summed E-state index contributed by atoms with van der Waals surface area (Å²) in [5.41, 5.74) is 0.434. The summed E-state index contributed by atoms with van der Waals surface area (Å²) < 4.78 is 0. The summed E-state index contributed by atoms with van der Waals surface area (Å²) in [5, 5.41) is 5.73. The fourth-order valence-electron chi connectivity index (χ4n) is 3.05. The molecule has 1 atom stereocenters. The summed E-state index contributed by atoms with van der Waals surface area (Å²) in [5.74, 6) is 2.60. The third kappa shape index (κ3) is 2.95. The molecule has 4 heteroatoms. The Labute approximate surface area is 113 Å². The molecular weight excluding hydrogens is 248 g/mol. The molecule has 1 unspecified atom stereocenters. The largest absolute Gasteiger partial charge is 0.359 e. The van der Waals surface area contributed by atoms with E-state index in [-0.39, 0.29) is 0 Å². The van der Waals surface area contributed by atoms with Crippen molar-refractivity contribution in [2.24, 2.45) is 4.99 Å². The lowest BCUT2D eigenvalue weighted by Gasteiger charge is -2.22. The molecule has 17 heavy (non-hydrogen) atoms. The van der Waals surface area contributed by atoms with Crippen molar-refractivity contribution in [2.75, 3.05) is 18.1 Å². The second kappa shape index (κ2) is 5.43. The third-order valence-corrected chi connectivity index (χ3v) is 6.71. The quantitative estimate of drug-likeness (QED) is 0.833. The van der Waals surface area contributed by atoms with E-state index in [9.17, 15) is 0 Å². The standard InChI is InChI=1S/C13H22N2S2/c1-4-8-16-11(5-1)9-14-12-15-13(10-17-12)6-2-3-7-13/h11H,1-10H2,(H,14,15). The minimum absolute atomic E-state index is 0.434. The second-order valence-corrected chi connectivity index (χ2v) is 7.91. The molecule has 2 heterocycles. The first kappa shape index (κ1) is 12.2. The van der Waals surface area contributed by atoms with E-state index in [2.05, 4.69) is 17.1 Å². The van der Waals surface area contributed by atoms with Gasteiger partial charge in [-0.2, -0.15) is 11.8 Å². The Morgan fingerprint density at radius 3 is 2.88 bits per heavy atom. The van der Waals surface area contributed by atoms with Gasteiger partial charge in [0, 0.05) is 16.5 Å². The van der Waals surface area contributed by atoms with Crippen LogP contribution in [0.3, 0.4) is 0 Å². The van der Waals surface area contributed by atoms with Crippen LogP contribution >= 0.6 is 23.5 Å². The molecule has 1 spiro atoms. The molecule has 0 radical (unpaired) electrons. The molecule has 1 saturated carbocycles. The van der Waals surface area contributed by atoms with Crippen molar-refractivity contribution in [3.8, 4) is 0 Å². The monoisotopic (exact) mass is 270 g/mol. The Kier molecular flexibility index (Phi) is 3.90. The smallest absolute Gasteiger partial charge is 0.157 e. The van der Waals surface area contributed by atoms with Crippen LogP contribution in [-0.2, 0) is 0 Å². The average molecular weight is 270 g/mol. The Hall–Kier alpha value is 0.170. The molecule has 0 aromatic heterocycles. The number of rotatable bonds is 2. The van der Waals surface area contributed by atoms with Crippen molar-refractivity contribution < 1.29 is 0 Å². The zero-order chi connectivity index (χ0) is 11.6. The highest BCUT2D eigenvalue weighted by atomic mass is 32.2. The zero-order valence-corrected chi connectivity index (χ0v) is 12.0. The highest BCUT2D eigenvalue weighted by Crippen LogP contribution is 2.37. The van der Waals surface area contributed by atoms with Crippen molar-refractivity contribution >= 4 is 28.7 Å². The van der Waals surface area contributed by atoms with Gasteiger partial charge in [0.2, 0.25) is 0 Å². The molecule has 3 rings (SSSR count). The second-order valence-electron chi connectivity index (χ2n) is 5.54. The van der Waals surface area contributed by atoms with Gasteiger partial charge in [-0.15, -0.1) is 0 Å². The maximum Gasteiger partial charge on any atom is 0.157 e. The van der Waals surface area contributed by atoms with E-state index in [1.54, 1.807) is 0 Å². The SMILES string of the molecule is C1CCC(CN=C2NC3(CCCC3)CS2)SC1. The number of nitrogens with zero attached hydrogens (tertiary/aromatic N) is 1. The van der Waals surface area contributed by atoms with Gasteiger partial charge in [0.15, 0.2) is 5.17 Å². The molecule has 1 aliphatic carbocycles. The van der Waals surface area contributed by atoms with Gasteiger partial charge >= 0.3 is 0 Å². The van der Waals surface area contributed by atoms with E-state index < -0.39 is 0 Å². The summed E-state index contributed by atoms with van der Waals surface area (Å²) in [7, 11) is 0. The number of hydrogen-bond donors (Lipinski definition) is 1. The van der Waals surface area contributed by atoms with Crippen molar-refractivity contribution in [3.05, 3.63) is 0 Å². The predicted molar refractivity (Wildman–Crippen MR) is 79.2 cm³/mol. The minimum atomic E-state index is 0.434. The Bertz CT molecular complexity index is 292. The van der Waals surface area contributed by atoms with E-state index in [4.69, 9.17) is 4.99 Å². The Morgan fingerprint density at radius 2 is 2.12 bits per heavy atom. The molecular formula is C13H22N2S2. The summed E-state index contributed by atoms with van der Waals surface area (Å²) in [4.78, 5) is 4.81. The highest BCUT2D eigenvalue weighted by Gasteiger charge is 2.39. The lowest BCUT2D eigenvalue weighted by molar-refractivity contribution is 0.452. The molecule has 2 aliphatic heterocycles. The molecule has 2 nitrogen and oxygen atoms in total. The molecule has 0 aromatic rings. The van der Waals surface area contributed by atoms with Crippen LogP contribution in [-0.4, -0.2) is 34.0 Å². The van der Waals surface area contributed by atoms with Crippen LogP contribution in [0.5, 0.6) is 0 Å². The highest BCUT2D eigenvalue weighted by molar-refractivity contribution is 8.14. The van der Waals surface area contributed by atoms with Crippen molar-refractivity contribution in [3.63, 3.8) is 0 Å². The predicted octanol–water partition coefficient (Wildman–Crippen LogP) is 3.28. The van der Waals surface area contributed by atoms with Gasteiger partial charge < -0.3 is 5.32 Å². The van der Waals surface area contributed by atoms with Gasteiger partial charge in [-0.1, -0.05) is 31.0 Å². The minimum Gasteiger partial charge on any atom is -0.359 e. The lowest BCUT2D eigenvalue weighted by atomic mass is 10.0. The lowest BCUT2D eigenvalue weighted by Crippen LogP contribution is -2.40. The fourth-order valence-corrected chi connectivity index (χ4v) is 5.49. The van der Waals surface area contributed by atoms with Crippen molar-refractivity contribution in [2.45, 2.75) is 55.7 Å². The molecule has 3 fully saturated rings. The average Bonchev–Trinajstić information content (AvgIpc) is 2.99. The normalized spacial score (nSPS) is 34.4. The first-order chi connectivity index (χ1) is 8.36. The van der Waals surface area contributed by atoms with E-state index in [1.807, 2.05) is 11.8 Å². The first-order valence-electron chi connectivity index (χ1n) is 6.93. The van der Waals surface area contributed by atoms with Crippen LogP contribution in [0.4, 0.5) is 0 Å². The molecule has 1 N–H and O–H groups in total. The summed E-state index contributed by atoms with van der Waals surface area (Å²) in [6.07, 6.45) is 9.71. The molecule has 0 bridgehead atoms. The number of amidine groups is 1. The Balaban J connectivity index is 1.51. The summed E-state index contributed by atoms with van der Waals surface area (Å²) in [6, 6.07) is 0. The van der Waals surface area contributed by atoms with Crippen LogP contribution < -0.4 is 5.32 Å². The number of aliphatic imine (C=N–C) groups is 1. The first-order valence-corrected chi connectivity index (χ1v) is 8.97. The Morgan fingerprint density at radius 1 is 1.24 bits per heavy atom. The van der Waals surface area contributed by atoms with E-state index in [1.165, 1.54) is 61.6 Å². The van der Waals surface area contributed by atoms with E-state index >= 15 is 0 Å².